The molecule has 1 aliphatic carbocycles. The quantitative estimate of drug-likeness (QED) is 0.702. The average Bonchev–Trinajstić information content (AvgIpc) is 2.74. The second-order valence-electron chi connectivity index (χ2n) is 5.97. The van der Waals surface area contributed by atoms with Crippen LogP contribution in [0.2, 0.25) is 0 Å². The van der Waals surface area contributed by atoms with Crippen LogP contribution in [0.4, 0.5) is 0 Å². The zero-order chi connectivity index (χ0) is 15.7. The molecule has 0 saturated heterocycles. The topological polar surface area (TPSA) is 75.4 Å². The van der Waals surface area contributed by atoms with Crippen molar-refractivity contribution in [2.24, 2.45) is 11.1 Å². The van der Waals surface area contributed by atoms with E-state index in [4.69, 9.17) is 5.73 Å². The maximum atomic E-state index is 12.5. The molecule has 0 spiro atoms. The molecule has 0 heterocycles. The molecule has 5 nitrogen and oxygen atoms in total. The molecule has 0 atom stereocenters. The molecule has 21 heavy (non-hydrogen) atoms. The maximum Gasteiger partial charge on any atom is 0.227 e. The molecule has 0 unspecified atom stereocenters. The standard InChI is InChI=1S/C16H31N3O2/c1-3-19(4-2)14(20)9-12-18-15(21)16(13-17)10-7-5-6-8-11-16/h3-13,17H2,1-2H3,(H,18,21). The van der Waals surface area contributed by atoms with Crippen LogP contribution in [0.5, 0.6) is 0 Å². The molecular formula is C16H31N3O2. The van der Waals surface area contributed by atoms with E-state index in [9.17, 15) is 9.59 Å². The van der Waals surface area contributed by atoms with Crippen LogP contribution in [0.3, 0.4) is 0 Å². The minimum absolute atomic E-state index is 0.0410. The van der Waals surface area contributed by atoms with E-state index >= 15 is 0 Å². The molecular weight excluding hydrogens is 266 g/mol. The fraction of sp³-hybridized carbons (Fsp3) is 0.875. The van der Waals surface area contributed by atoms with Crippen molar-refractivity contribution in [3.05, 3.63) is 0 Å². The zero-order valence-electron chi connectivity index (χ0n) is 13.6. The van der Waals surface area contributed by atoms with Gasteiger partial charge in [-0.1, -0.05) is 25.7 Å². The molecule has 2 amide bonds. The van der Waals surface area contributed by atoms with Crippen LogP contribution in [-0.4, -0.2) is 42.9 Å². The highest BCUT2D eigenvalue weighted by molar-refractivity contribution is 5.83. The number of hydrogen-bond donors (Lipinski definition) is 2. The van der Waals surface area contributed by atoms with Gasteiger partial charge in [0.1, 0.15) is 0 Å². The molecule has 1 aliphatic rings. The van der Waals surface area contributed by atoms with Crippen molar-refractivity contribution in [1.29, 1.82) is 0 Å². The maximum absolute atomic E-state index is 12.5. The fourth-order valence-corrected chi connectivity index (χ4v) is 3.13. The van der Waals surface area contributed by atoms with Crippen molar-refractivity contribution in [2.75, 3.05) is 26.2 Å². The molecule has 0 aromatic heterocycles. The van der Waals surface area contributed by atoms with E-state index in [-0.39, 0.29) is 11.8 Å². The summed E-state index contributed by atoms with van der Waals surface area (Å²) < 4.78 is 0. The van der Waals surface area contributed by atoms with Gasteiger partial charge in [0.05, 0.1) is 5.41 Å². The number of nitrogens with one attached hydrogen (secondary N) is 1. The highest BCUT2D eigenvalue weighted by atomic mass is 16.2. The highest BCUT2D eigenvalue weighted by Gasteiger charge is 2.36. The Labute approximate surface area is 128 Å². The van der Waals surface area contributed by atoms with Gasteiger partial charge in [0, 0.05) is 32.6 Å². The van der Waals surface area contributed by atoms with Gasteiger partial charge < -0.3 is 16.0 Å². The number of carbonyl (C=O) groups is 2. The summed E-state index contributed by atoms with van der Waals surface area (Å²) in [5, 5.41) is 2.94. The van der Waals surface area contributed by atoms with Gasteiger partial charge in [-0.05, 0) is 26.7 Å². The molecule has 0 aromatic rings. The molecule has 0 radical (unpaired) electrons. The number of rotatable bonds is 7. The lowest BCUT2D eigenvalue weighted by molar-refractivity contribution is -0.132. The van der Waals surface area contributed by atoms with Gasteiger partial charge in [0.25, 0.3) is 0 Å². The molecule has 1 fully saturated rings. The summed E-state index contributed by atoms with van der Waals surface area (Å²) in [7, 11) is 0. The summed E-state index contributed by atoms with van der Waals surface area (Å²) >= 11 is 0. The first-order valence-corrected chi connectivity index (χ1v) is 8.35. The Hall–Kier alpha value is -1.10. The SMILES string of the molecule is CCN(CC)C(=O)CCNC(=O)C1(CN)CCCCCC1. The van der Waals surface area contributed by atoms with Crippen LogP contribution in [-0.2, 0) is 9.59 Å². The van der Waals surface area contributed by atoms with Crippen molar-refractivity contribution in [3.8, 4) is 0 Å². The van der Waals surface area contributed by atoms with Crippen LogP contribution in [0.1, 0.15) is 58.8 Å². The van der Waals surface area contributed by atoms with Crippen molar-refractivity contribution in [2.45, 2.75) is 58.8 Å². The normalized spacial score (nSPS) is 17.9. The third-order valence-corrected chi connectivity index (χ3v) is 4.67. The Morgan fingerprint density at radius 2 is 1.67 bits per heavy atom. The summed E-state index contributed by atoms with van der Waals surface area (Å²) in [5.41, 5.74) is 5.49. The lowest BCUT2D eigenvalue weighted by atomic mass is 9.79. The third kappa shape index (κ3) is 4.99. The molecule has 5 heteroatoms. The van der Waals surface area contributed by atoms with Crippen molar-refractivity contribution in [3.63, 3.8) is 0 Å². The van der Waals surface area contributed by atoms with Gasteiger partial charge in [-0.15, -0.1) is 0 Å². The smallest absolute Gasteiger partial charge is 0.227 e. The van der Waals surface area contributed by atoms with Crippen LogP contribution in [0.15, 0.2) is 0 Å². The Bertz CT molecular complexity index is 332. The van der Waals surface area contributed by atoms with Gasteiger partial charge in [0.2, 0.25) is 11.8 Å². The molecule has 0 aliphatic heterocycles. The van der Waals surface area contributed by atoms with Gasteiger partial charge in [-0.25, -0.2) is 0 Å². The Kier molecular flexibility index (Phi) is 7.72. The predicted molar refractivity (Wildman–Crippen MR) is 84.7 cm³/mol. The number of amides is 2. The molecule has 1 rings (SSSR count). The second-order valence-corrected chi connectivity index (χ2v) is 5.97. The Morgan fingerprint density at radius 3 is 2.14 bits per heavy atom. The van der Waals surface area contributed by atoms with E-state index in [2.05, 4.69) is 5.32 Å². The monoisotopic (exact) mass is 297 g/mol. The number of nitrogens with zero attached hydrogens (tertiary/aromatic N) is 1. The largest absolute Gasteiger partial charge is 0.355 e. The first-order valence-electron chi connectivity index (χ1n) is 8.35. The average molecular weight is 297 g/mol. The van der Waals surface area contributed by atoms with E-state index in [1.165, 1.54) is 12.8 Å². The predicted octanol–water partition coefficient (Wildman–Crippen LogP) is 1.66. The van der Waals surface area contributed by atoms with Crippen LogP contribution in [0, 0.1) is 5.41 Å². The fourth-order valence-electron chi connectivity index (χ4n) is 3.13. The van der Waals surface area contributed by atoms with E-state index in [1.54, 1.807) is 4.90 Å². The van der Waals surface area contributed by atoms with Gasteiger partial charge in [0.15, 0.2) is 0 Å². The van der Waals surface area contributed by atoms with Crippen LogP contribution < -0.4 is 11.1 Å². The lowest BCUT2D eigenvalue weighted by Crippen LogP contribution is -2.46. The van der Waals surface area contributed by atoms with Crippen molar-refractivity contribution < 1.29 is 9.59 Å². The number of hydrogen-bond acceptors (Lipinski definition) is 3. The van der Waals surface area contributed by atoms with E-state index in [0.29, 0.717) is 19.5 Å². The summed E-state index contributed by atoms with van der Waals surface area (Å²) in [6, 6.07) is 0. The Morgan fingerprint density at radius 1 is 1.10 bits per heavy atom. The molecule has 0 aromatic carbocycles. The summed E-state index contributed by atoms with van der Waals surface area (Å²) in [6.45, 7) is 6.19. The van der Waals surface area contributed by atoms with Gasteiger partial charge in [-0.2, -0.15) is 0 Å². The first kappa shape index (κ1) is 18.0. The molecule has 0 bridgehead atoms. The third-order valence-electron chi connectivity index (χ3n) is 4.67. The molecule has 1 saturated carbocycles. The second kappa shape index (κ2) is 9.03. The van der Waals surface area contributed by atoms with E-state index in [1.807, 2.05) is 13.8 Å². The van der Waals surface area contributed by atoms with Crippen molar-refractivity contribution >= 4 is 11.8 Å². The summed E-state index contributed by atoms with van der Waals surface area (Å²) in [6.07, 6.45) is 6.64. The minimum Gasteiger partial charge on any atom is -0.355 e. The number of nitrogens with two attached hydrogens (primary N) is 1. The van der Waals surface area contributed by atoms with E-state index < -0.39 is 5.41 Å². The highest BCUT2D eigenvalue weighted by Crippen LogP contribution is 2.34. The van der Waals surface area contributed by atoms with Crippen LogP contribution in [0.25, 0.3) is 0 Å². The van der Waals surface area contributed by atoms with Crippen LogP contribution >= 0.6 is 0 Å². The zero-order valence-corrected chi connectivity index (χ0v) is 13.6. The lowest BCUT2D eigenvalue weighted by Gasteiger charge is -2.30. The first-order chi connectivity index (χ1) is 10.1. The number of carbonyl (C=O) groups excluding carboxylic acids is 2. The van der Waals surface area contributed by atoms with Crippen molar-refractivity contribution in [1.82, 2.24) is 10.2 Å². The Balaban J connectivity index is 2.46. The summed E-state index contributed by atoms with van der Waals surface area (Å²) in [4.78, 5) is 26.2. The minimum atomic E-state index is -0.408. The molecule has 122 valence electrons. The van der Waals surface area contributed by atoms with Gasteiger partial charge in [-0.3, -0.25) is 9.59 Å². The van der Waals surface area contributed by atoms with Gasteiger partial charge >= 0.3 is 0 Å². The summed E-state index contributed by atoms with van der Waals surface area (Å²) in [5.74, 6) is 0.141. The van der Waals surface area contributed by atoms with E-state index in [0.717, 1.165) is 38.8 Å². The molecule has 3 N–H and O–H groups in total.